The Morgan fingerprint density at radius 1 is 0.947 bits per heavy atom. The number of alkyl halides is 1. The van der Waals surface area contributed by atoms with Crippen molar-refractivity contribution in [3.05, 3.63) is 108 Å². The van der Waals surface area contributed by atoms with Crippen LogP contribution in [0, 0.1) is 0 Å². The van der Waals surface area contributed by atoms with Gasteiger partial charge in [-0.15, -0.1) is 23.4 Å². The topological polar surface area (TPSA) is 91.3 Å². The molecule has 0 aromatic heterocycles. The summed E-state index contributed by atoms with van der Waals surface area (Å²) in [4.78, 5) is 26.5. The van der Waals surface area contributed by atoms with E-state index in [9.17, 15) is 14.7 Å². The van der Waals surface area contributed by atoms with Gasteiger partial charge in [-0.05, 0) is 17.7 Å². The number of esters is 1. The van der Waals surface area contributed by atoms with E-state index < -0.39 is 53.3 Å². The molecule has 3 aromatic carbocycles. The number of thioether (sulfide) groups is 1. The van der Waals surface area contributed by atoms with E-state index >= 15 is 0 Å². The monoisotopic (exact) mass is 554 g/mol. The second kappa shape index (κ2) is 12.0. The SMILES string of the molecule is O=C(O[C@H]1[C@H](SCc2ccccc2)O[C@@H]2COC(c3ccccc3)O[C@@H]2[C@@]1(O)C(=O)CCl)c1ccccc1. The van der Waals surface area contributed by atoms with Crippen LogP contribution >= 0.6 is 23.4 Å². The minimum absolute atomic E-state index is 0.0594. The molecule has 0 radical (unpaired) electrons. The van der Waals surface area contributed by atoms with Crippen molar-refractivity contribution in [3.63, 3.8) is 0 Å². The summed E-state index contributed by atoms with van der Waals surface area (Å²) in [7, 11) is 0. The summed E-state index contributed by atoms with van der Waals surface area (Å²) in [6, 6.07) is 27.2. The molecule has 2 fully saturated rings. The Morgan fingerprint density at radius 3 is 2.24 bits per heavy atom. The number of fused-ring (bicyclic) bond motifs is 1. The third-order valence-corrected chi connectivity index (χ3v) is 8.01. The lowest BCUT2D eigenvalue weighted by Gasteiger charge is -2.52. The summed E-state index contributed by atoms with van der Waals surface area (Å²) >= 11 is 7.33. The highest BCUT2D eigenvalue weighted by Gasteiger charge is 2.64. The lowest BCUT2D eigenvalue weighted by Crippen LogP contribution is -2.73. The van der Waals surface area contributed by atoms with Gasteiger partial charge in [-0.2, -0.15) is 0 Å². The Labute approximate surface area is 230 Å². The van der Waals surface area contributed by atoms with Crippen LogP contribution in [0.1, 0.15) is 27.8 Å². The van der Waals surface area contributed by atoms with E-state index in [2.05, 4.69) is 0 Å². The molecule has 0 saturated carbocycles. The van der Waals surface area contributed by atoms with Crippen molar-refractivity contribution in [2.75, 3.05) is 12.5 Å². The second-order valence-corrected chi connectivity index (χ2v) is 10.4. The molecule has 1 N–H and O–H groups in total. The van der Waals surface area contributed by atoms with Gasteiger partial charge in [-0.3, -0.25) is 4.79 Å². The minimum atomic E-state index is -2.28. The Morgan fingerprint density at radius 2 is 1.58 bits per heavy atom. The van der Waals surface area contributed by atoms with E-state index in [0.29, 0.717) is 11.3 Å². The van der Waals surface area contributed by atoms with Crippen LogP contribution in [0.5, 0.6) is 0 Å². The number of carbonyl (C=O) groups is 2. The molecule has 198 valence electrons. The molecule has 9 heteroatoms. The predicted octanol–water partition coefficient (Wildman–Crippen LogP) is 4.52. The molecule has 2 heterocycles. The molecule has 0 aliphatic carbocycles. The molecular formula is C29H27ClO7S. The molecule has 6 atom stereocenters. The average Bonchev–Trinajstić information content (AvgIpc) is 2.98. The lowest BCUT2D eigenvalue weighted by molar-refractivity contribution is -0.336. The lowest BCUT2D eigenvalue weighted by atomic mass is 9.80. The molecule has 5 rings (SSSR count). The highest BCUT2D eigenvalue weighted by molar-refractivity contribution is 7.99. The zero-order valence-corrected chi connectivity index (χ0v) is 21.9. The fourth-order valence-corrected chi connectivity index (χ4v) is 6.05. The van der Waals surface area contributed by atoms with Crippen molar-refractivity contribution in [1.82, 2.24) is 0 Å². The quantitative estimate of drug-likeness (QED) is 0.321. The normalized spacial score (nSPS) is 28.7. The first-order valence-corrected chi connectivity index (χ1v) is 13.8. The molecule has 2 aliphatic rings. The molecular weight excluding hydrogens is 528 g/mol. The number of carbonyl (C=O) groups excluding carboxylic acids is 2. The maximum absolute atomic E-state index is 13.4. The minimum Gasteiger partial charge on any atom is -0.451 e. The van der Waals surface area contributed by atoms with Gasteiger partial charge in [0, 0.05) is 11.3 Å². The highest BCUT2D eigenvalue weighted by Crippen LogP contribution is 2.44. The van der Waals surface area contributed by atoms with E-state index in [-0.39, 0.29) is 12.2 Å². The van der Waals surface area contributed by atoms with Crippen LogP contribution in [0.25, 0.3) is 0 Å². The van der Waals surface area contributed by atoms with Gasteiger partial charge in [0.05, 0.1) is 18.1 Å². The summed E-state index contributed by atoms with van der Waals surface area (Å²) in [5.74, 6) is -1.44. The van der Waals surface area contributed by atoms with E-state index in [0.717, 1.165) is 5.56 Å². The summed E-state index contributed by atoms with van der Waals surface area (Å²) in [5, 5.41) is 12.1. The van der Waals surface area contributed by atoms with Gasteiger partial charge < -0.3 is 24.1 Å². The van der Waals surface area contributed by atoms with Crippen molar-refractivity contribution >= 4 is 35.1 Å². The highest BCUT2D eigenvalue weighted by atomic mass is 35.5. The Kier molecular flexibility index (Phi) is 8.48. The van der Waals surface area contributed by atoms with Gasteiger partial charge in [-0.25, -0.2) is 4.79 Å². The van der Waals surface area contributed by atoms with Crippen LogP contribution in [0.3, 0.4) is 0 Å². The third kappa shape index (κ3) is 5.52. The van der Waals surface area contributed by atoms with Crippen LogP contribution in [-0.4, -0.2) is 58.7 Å². The first-order valence-electron chi connectivity index (χ1n) is 12.2. The van der Waals surface area contributed by atoms with Crippen LogP contribution in [-0.2, 0) is 29.5 Å². The standard InChI is InChI=1S/C29H27ClO7S/c30-16-23(31)29(33)24-22(17-34-27(37-24)21-14-8-3-9-15-21)35-28(38-18-19-10-4-1-5-11-19)25(29)36-26(32)20-12-6-2-7-13-20/h1-15,22,24-25,27-28,33H,16-18H2/t22-,24+,25+,27?,28+,29+/m1/s1. The van der Waals surface area contributed by atoms with Crippen molar-refractivity contribution < 1.29 is 33.6 Å². The molecule has 2 saturated heterocycles. The zero-order valence-electron chi connectivity index (χ0n) is 20.4. The van der Waals surface area contributed by atoms with E-state index in [1.807, 2.05) is 60.7 Å². The first kappa shape index (κ1) is 26.9. The first-order chi connectivity index (χ1) is 18.5. The maximum atomic E-state index is 13.4. The Hall–Kier alpha value is -2.72. The van der Waals surface area contributed by atoms with Crippen molar-refractivity contribution in [2.45, 2.75) is 41.4 Å². The number of halogens is 1. The Bertz CT molecular complexity index is 1230. The smallest absolute Gasteiger partial charge is 0.338 e. The van der Waals surface area contributed by atoms with Crippen LogP contribution < -0.4 is 0 Å². The van der Waals surface area contributed by atoms with Gasteiger partial charge in [0.1, 0.15) is 17.6 Å². The molecule has 7 nitrogen and oxygen atoms in total. The number of hydrogen-bond donors (Lipinski definition) is 1. The largest absolute Gasteiger partial charge is 0.451 e. The fourth-order valence-electron chi connectivity index (χ4n) is 4.63. The van der Waals surface area contributed by atoms with Gasteiger partial charge in [0.2, 0.25) is 0 Å². The molecule has 0 spiro atoms. The number of aliphatic hydroxyl groups is 1. The summed E-state index contributed by atoms with van der Waals surface area (Å²) in [5.41, 5.74) is -1.19. The van der Waals surface area contributed by atoms with E-state index in [1.54, 1.807) is 30.3 Å². The zero-order chi connectivity index (χ0) is 26.5. The maximum Gasteiger partial charge on any atom is 0.338 e. The van der Waals surface area contributed by atoms with Crippen molar-refractivity contribution in [2.24, 2.45) is 0 Å². The van der Waals surface area contributed by atoms with Gasteiger partial charge in [0.25, 0.3) is 0 Å². The van der Waals surface area contributed by atoms with E-state index in [4.69, 9.17) is 30.5 Å². The number of rotatable bonds is 8. The number of hydrogen-bond acceptors (Lipinski definition) is 8. The average molecular weight is 555 g/mol. The summed E-state index contributed by atoms with van der Waals surface area (Å²) in [6.07, 6.45) is -4.23. The van der Waals surface area contributed by atoms with E-state index in [1.165, 1.54) is 11.8 Å². The number of benzene rings is 3. The van der Waals surface area contributed by atoms with Crippen molar-refractivity contribution in [1.29, 1.82) is 0 Å². The summed E-state index contributed by atoms with van der Waals surface area (Å²) < 4.78 is 24.3. The van der Waals surface area contributed by atoms with Gasteiger partial charge in [-0.1, -0.05) is 78.9 Å². The number of ether oxygens (including phenoxy) is 4. The molecule has 0 bridgehead atoms. The molecule has 38 heavy (non-hydrogen) atoms. The fraction of sp³-hybridized carbons (Fsp3) is 0.310. The molecule has 1 unspecified atom stereocenters. The van der Waals surface area contributed by atoms with Crippen LogP contribution in [0.15, 0.2) is 91.0 Å². The van der Waals surface area contributed by atoms with Gasteiger partial charge in [0.15, 0.2) is 23.8 Å². The number of Topliss-reactive ketones (excluding diaryl/α,β-unsaturated/α-hetero) is 1. The molecule has 3 aromatic rings. The molecule has 0 amide bonds. The number of ketones is 1. The van der Waals surface area contributed by atoms with Gasteiger partial charge >= 0.3 is 5.97 Å². The predicted molar refractivity (Wildman–Crippen MR) is 143 cm³/mol. The van der Waals surface area contributed by atoms with Crippen LogP contribution in [0.2, 0.25) is 0 Å². The Balaban J connectivity index is 1.49. The van der Waals surface area contributed by atoms with Crippen LogP contribution in [0.4, 0.5) is 0 Å². The van der Waals surface area contributed by atoms with Crippen molar-refractivity contribution in [3.8, 4) is 0 Å². The second-order valence-electron chi connectivity index (χ2n) is 9.05. The third-order valence-electron chi connectivity index (χ3n) is 6.58. The molecule has 2 aliphatic heterocycles. The summed E-state index contributed by atoms with van der Waals surface area (Å²) in [6.45, 7) is 0.0594.